The number of hydrogen-bond donors (Lipinski definition) is 3. The molecule has 116 valence electrons. The Hall–Kier alpha value is -1.89. The van der Waals surface area contributed by atoms with E-state index in [1.165, 1.54) is 12.1 Å². The average molecular weight is 294 g/mol. The Morgan fingerprint density at radius 1 is 1.43 bits per heavy atom. The Kier molecular flexibility index (Phi) is 4.62. The van der Waals surface area contributed by atoms with Gasteiger partial charge in [-0.2, -0.15) is 0 Å². The van der Waals surface area contributed by atoms with Gasteiger partial charge in [-0.1, -0.05) is 6.92 Å². The van der Waals surface area contributed by atoms with Crippen LogP contribution in [0.4, 0.5) is 17.3 Å². The SMILES string of the molecule is CNc1cc([N+](=O)[O-])cc(NCC2(O)CCC(C)CC2)n1. The normalized spacial score (nSPS) is 25.4. The molecule has 7 nitrogen and oxygen atoms in total. The number of nitrogens with zero attached hydrogens (tertiary/aromatic N) is 2. The lowest BCUT2D eigenvalue weighted by molar-refractivity contribution is -0.384. The van der Waals surface area contributed by atoms with E-state index in [2.05, 4.69) is 22.5 Å². The van der Waals surface area contributed by atoms with Crippen LogP contribution in [0.2, 0.25) is 0 Å². The quantitative estimate of drug-likeness (QED) is 0.569. The van der Waals surface area contributed by atoms with Gasteiger partial charge in [-0.25, -0.2) is 4.98 Å². The monoisotopic (exact) mass is 294 g/mol. The van der Waals surface area contributed by atoms with E-state index in [0.29, 0.717) is 24.1 Å². The van der Waals surface area contributed by atoms with Crippen molar-refractivity contribution in [2.24, 2.45) is 5.92 Å². The zero-order valence-electron chi connectivity index (χ0n) is 12.4. The van der Waals surface area contributed by atoms with Crippen LogP contribution in [0.3, 0.4) is 0 Å². The highest BCUT2D eigenvalue weighted by atomic mass is 16.6. The lowest BCUT2D eigenvalue weighted by atomic mass is 9.79. The molecule has 1 saturated carbocycles. The Labute approximate surface area is 123 Å². The number of pyridine rings is 1. The van der Waals surface area contributed by atoms with Gasteiger partial charge in [-0.15, -0.1) is 0 Å². The minimum Gasteiger partial charge on any atom is -0.388 e. The number of rotatable bonds is 5. The molecule has 1 aliphatic carbocycles. The molecule has 3 N–H and O–H groups in total. The molecule has 1 heterocycles. The van der Waals surface area contributed by atoms with E-state index in [4.69, 9.17) is 0 Å². The van der Waals surface area contributed by atoms with Crippen molar-refractivity contribution in [1.29, 1.82) is 0 Å². The van der Waals surface area contributed by atoms with Crippen LogP contribution in [0.15, 0.2) is 12.1 Å². The summed E-state index contributed by atoms with van der Waals surface area (Å²) in [4.78, 5) is 14.7. The van der Waals surface area contributed by atoms with Gasteiger partial charge in [0, 0.05) is 13.6 Å². The highest BCUT2D eigenvalue weighted by molar-refractivity contribution is 5.54. The molecule has 0 bridgehead atoms. The van der Waals surface area contributed by atoms with E-state index in [1.807, 2.05) is 0 Å². The molecule has 0 spiro atoms. The maximum absolute atomic E-state index is 10.9. The molecule has 0 amide bonds. The highest BCUT2D eigenvalue weighted by Crippen LogP contribution is 2.32. The molecule has 1 fully saturated rings. The maximum Gasteiger partial charge on any atom is 0.276 e. The molecule has 1 aromatic rings. The second-order valence-corrected chi connectivity index (χ2v) is 5.86. The molecule has 7 heteroatoms. The number of aromatic nitrogens is 1. The van der Waals surface area contributed by atoms with Crippen LogP contribution < -0.4 is 10.6 Å². The second-order valence-electron chi connectivity index (χ2n) is 5.86. The summed E-state index contributed by atoms with van der Waals surface area (Å²) in [6, 6.07) is 2.76. The molecule has 21 heavy (non-hydrogen) atoms. The molecule has 1 aliphatic rings. The molecular formula is C14H22N4O3. The van der Waals surface area contributed by atoms with Crippen LogP contribution in [-0.2, 0) is 0 Å². The molecule has 2 rings (SSSR count). The third-order valence-corrected chi connectivity index (χ3v) is 4.08. The first-order chi connectivity index (χ1) is 9.92. The van der Waals surface area contributed by atoms with E-state index < -0.39 is 10.5 Å². The Bertz CT molecular complexity index is 513. The number of aliphatic hydroxyl groups is 1. The predicted octanol–water partition coefficient (Wildman–Crippen LogP) is 2.38. The molecule has 0 radical (unpaired) electrons. The first kappa shape index (κ1) is 15.5. The van der Waals surface area contributed by atoms with Gasteiger partial charge >= 0.3 is 0 Å². The van der Waals surface area contributed by atoms with Crippen molar-refractivity contribution in [2.45, 2.75) is 38.2 Å². The standard InChI is InChI=1S/C14H22N4O3/c1-10-3-5-14(19,6-4-10)9-16-13-8-11(18(20)21)7-12(15-2)17-13/h7-8,10,19H,3-6,9H2,1-2H3,(H2,15,16,17). The molecule has 0 unspecified atom stereocenters. The largest absolute Gasteiger partial charge is 0.388 e. The fraction of sp³-hybridized carbons (Fsp3) is 0.643. The zero-order chi connectivity index (χ0) is 15.5. The summed E-state index contributed by atoms with van der Waals surface area (Å²) < 4.78 is 0. The predicted molar refractivity (Wildman–Crippen MR) is 81.5 cm³/mol. The van der Waals surface area contributed by atoms with E-state index in [1.54, 1.807) is 7.05 Å². The molecule has 0 aliphatic heterocycles. The highest BCUT2D eigenvalue weighted by Gasteiger charge is 2.31. The minimum atomic E-state index is -0.751. The summed E-state index contributed by atoms with van der Waals surface area (Å²) in [7, 11) is 1.66. The van der Waals surface area contributed by atoms with Gasteiger partial charge in [0.05, 0.1) is 22.7 Å². The summed E-state index contributed by atoms with van der Waals surface area (Å²) in [6.45, 7) is 2.55. The van der Waals surface area contributed by atoms with Crippen LogP contribution in [0, 0.1) is 16.0 Å². The number of hydrogen-bond acceptors (Lipinski definition) is 6. The summed E-state index contributed by atoms with van der Waals surface area (Å²) in [6.07, 6.45) is 3.49. The molecule has 1 aromatic heterocycles. The van der Waals surface area contributed by atoms with Gasteiger partial charge in [-0.05, 0) is 31.6 Å². The fourth-order valence-electron chi connectivity index (χ4n) is 2.57. The topological polar surface area (TPSA) is 100 Å². The Morgan fingerprint density at radius 3 is 2.62 bits per heavy atom. The van der Waals surface area contributed by atoms with E-state index in [-0.39, 0.29) is 5.69 Å². The number of nitrogens with one attached hydrogen (secondary N) is 2. The average Bonchev–Trinajstić information content (AvgIpc) is 2.48. The van der Waals surface area contributed by atoms with Gasteiger partial charge in [0.25, 0.3) is 5.69 Å². The van der Waals surface area contributed by atoms with Crippen molar-refractivity contribution in [2.75, 3.05) is 24.2 Å². The van der Waals surface area contributed by atoms with Gasteiger partial charge in [0.1, 0.15) is 11.6 Å². The maximum atomic E-state index is 10.9. The zero-order valence-corrected chi connectivity index (χ0v) is 12.4. The number of anilines is 2. The smallest absolute Gasteiger partial charge is 0.276 e. The Morgan fingerprint density at radius 2 is 2.05 bits per heavy atom. The molecule has 0 atom stereocenters. The third kappa shape index (κ3) is 4.04. The summed E-state index contributed by atoms with van der Waals surface area (Å²) in [5.74, 6) is 1.48. The first-order valence-electron chi connectivity index (χ1n) is 7.22. The van der Waals surface area contributed by atoms with Gasteiger partial charge < -0.3 is 15.7 Å². The first-order valence-corrected chi connectivity index (χ1v) is 7.22. The van der Waals surface area contributed by atoms with Crippen molar-refractivity contribution in [3.05, 3.63) is 22.2 Å². The third-order valence-electron chi connectivity index (χ3n) is 4.08. The van der Waals surface area contributed by atoms with Crippen molar-refractivity contribution in [1.82, 2.24) is 4.98 Å². The van der Waals surface area contributed by atoms with Crippen LogP contribution in [0.25, 0.3) is 0 Å². The van der Waals surface area contributed by atoms with Crippen molar-refractivity contribution < 1.29 is 10.0 Å². The summed E-state index contributed by atoms with van der Waals surface area (Å²) >= 11 is 0. The minimum absolute atomic E-state index is 0.0268. The van der Waals surface area contributed by atoms with Gasteiger partial charge in [0.15, 0.2) is 0 Å². The van der Waals surface area contributed by atoms with Crippen LogP contribution in [0.1, 0.15) is 32.6 Å². The van der Waals surface area contributed by atoms with E-state index >= 15 is 0 Å². The van der Waals surface area contributed by atoms with Crippen LogP contribution >= 0.6 is 0 Å². The summed E-state index contributed by atoms with van der Waals surface area (Å²) in [5, 5.41) is 27.2. The Balaban J connectivity index is 2.05. The van der Waals surface area contributed by atoms with Crippen molar-refractivity contribution >= 4 is 17.3 Å². The molecule has 0 saturated heterocycles. The summed E-state index contributed by atoms with van der Waals surface area (Å²) in [5.41, 5.74) is -0.778. The van der Waals surface area contributed by atoms with Crippen LogP contribution in [-0.4, -0.2) is 34.2 Å². The second kappa shape index (κ2) is 6.26. The number of nitro groups is 1. The molecular weight excluding hydrogens is 272 g/mol. The molecule has 0 aromatic carbocycles. The van der Waals surface area contributed by atoms with Gasteiger partial charge in [-0.3, -0.25) is 10.1 Å². The lowest BCUT2D eigenvalue weighted by Gasteiger charge is -2.35. The van der Waals surface area contributed by atoms with Crippen molar-refractivity contribution in [3.8, 4) is 0 Å². The van der Waals surface area contributed by atoms with Gasteiger partial charge in [0.2, 0.25) is 0 Å². The fourth-order valence-corrected chi connectivity index (χ4v) is 2.57. The van der Waals surface area contributed by atoms with E-state index in [0.717, 1.165) is 25.7 Å². The van der Waals surface area contributed by atoms with E-state index in [9.17, 15) is 15.2 Å². The van der Waals surface area contributed by atoms with Crippen molar-refractivity contribution in [3.63, 3.8) is 0 Å². The van der Waals surface area contributed by atoms with Crippen LogP contribution in [0.5, 0.6) is 0 Å². The lowest BCUT2D eigenvalue weighted by Crippen LogP contribution is -2.40.